The minimum atomic E-state index is -0.570. The average Bonchev–Trinajstić information content (AvgIpc) is 2.77. The third-order valence-corrected chi connectivity index (χ3v) is 2.58. The van der Waals surface area contributed by atoms with Crippen molar-refractivity contribution in [2.24, 2.45) is 5.92 Å². The van der Waals surface area contributed by atoms with E-state index in [2.05, 4.69) is 0 Å². The summed E-state index contributed by atoms with van der Waals surface area (Å²) in [4.78, 5) is 24.1. The molecule has 21 heavy (non-hydrogen) atoms. The number of furan rings is 1. The van der Waals surface area contributed by atoms with Gasteiger partial charge in [-0.2, -0.15) is 0 Å². The molecule has 118 valence electrons. The van der Waals surface area contributed by atoms with E-state index in [1.165, 1.54) is 6.26 Å². The highest BCUT2D eigenvalue weighted by Gasteiger charge is 2.27. The largest absolute Gasteiger partial charge is 0.472 e. The zero-order valence-corrected chi connectivity index (χ0v) is 13.3. The number of hydrogen-bond donors (Lipinski definition) is 0. The Hall–Kier alpha value is -1.78. The summed E-state index contributed by atoms with van der Waals surface area (Å²) in [6.45, 7) is 8.94. The molecular weight excluding hydrogens is 272 g/mol. The van der Waals surface area contributed by atoms with Crippen LogP contribution in [0.5, 0.6) is 0 Å². The Morgan fingerprint density at radius 3 is 2.43 bits per heavy atom. The van der Waals surface area contributed by atoms with Gasteiger partial charge in [0.25, 0.3) is 0 Å². The molecule has 0 radical (unpaired) electrons. The number of esters is 2. The summed E-state index contributed by atoms with van der Waals surface area (Å²) in [5, 5.41) is 0. The molecule has 0 aliphatic carbocycles. The predicted octanol–water partition coefficient (Wildman–Crippen LogP) is 3.12. The van der Waals surface area contributed by atoms with Crippen LogP contribution in [-0.2, 0) is 25.5 Å². The second-order valence-electron chi connectivity index (χ2n) is 6.31. The first-order valence-electron chi connectivity index (χ1n) is 7.11. The van der Waals surface area contributed by atoms with Crippen LogP contribution in [0.2, 0.25) is 0 Å². The molecular formula is C16H24O5. The molecule has 0 unspecified atom stereocenters. The van der Waals surface area contributed by atoms with Crippen molar-refractivity contribution in [1.82, 2.24) is 0 Å². The van der Waals surface area contributed by atoms with Gasteiger partial charge in [-0.1, -0.05) is 0 Å². The van der Waals surface area contributed by atoms with Crippen LogP contribution in [0.4, 0.5) is 0 Å². The van der Waals surface area contributed by atoms with Gasteiger partial charge >= 0.3 is 11.9 Å². The first-order valence-corrected chi connectivity index (χ1v) is 7.11. The van der Waals surface area contributed by atoms with E-state index in [0.717, 1.165) is 5.56 Å². The molecule has 1 atom stereocenters. The van der Waals surface area contributed by atoms with E-state index in [0.29, 0.717) is 6.42 Å². The van der Waals surface area contributed by atoms with Gasteiger partial charge < -0.3 is 13.9 Å². The van der Waals surface area contributed by atoms with E-state index in [1.807, 2.05) is 0 Å². The first-order chi connectivity index (χ1) is 9.67. The number of hydrogen-bond acceptors (Lipinski definition) is 5. The minimum absolute atomic E-state index is 0.00595. The lowest BCUT2D eigenvalue weighted by atomic mass is 9.97. The van der Waals surface area contributed by atoms with E-state index in [9.17, 15) is 9.59 Å². The van der Waals surface area contributed by atoms with E-state index >= 15 is 0 Å². The average molecular weight is 296 g/mol. The molecule has 1 aromatic heterocycles. The minimum Gasteiger partial charge on any atom is -0.472 e. The van der Waals surface area contributed by atoms with E-state index in [1.54, 1.807) is 46.9 Å². The molecule has 0 aliphatic rings. The van der Waals surface area contributed by atoms with Crippen molar-refractivity contribution < 1.29 is 23.5 Å². The van der Waals surface area contributed by atoms with Crippen LogP contribution in [0.3, 0.4) is 0 Å². The van der Waals surface area contributed by atoms with Crippen molar-refractivity contribution in [2.45, 2.75) is 59.2 Å². The van der Waals surface area contributed by atoms with Crippen molar-refractivity contribution in [3.8, 4) is 0 Å². The molecule has 0 spiro atoms. The third-order valence-electron chi connectivity index (χ3n) is 2.58. The van der Waals surface area contributed by atoms with E-state index < -0.39 is 23.5 Å². The summed E-state index contributed by atoms with van der Waals surface area (Å²) in [7, 11) is 0. The Bertz CT molecular complexity index is 454. The maximum Gasteiger partial charge on any atom is 0.310 e. The Balaban J connectivity index is 2.71. The van der Waals surface area contributed by atoms with Gasteiger partial charge in [0, 0.05) is 0 Å². The summed E-state index contributed by atoms with van der Waals surface area (Å²) in [5.41, 5.74) is 0.281. The summed E-state index contributed by atoms with van der Waals surface area (Å²) in [6, 6.07) is 1.77. The Labute approximate surface area is 125 Å². The summed E-state index contributed by atoms with van der Waals surface area (Å²) in [5.74, 6) is -1.37. The van der Waals surface area contributed by atoms with Gasteiger partial charge in [0.05, 0.1) is 31.0 Å². The van der Waals surface area contributed by atoms with Crippen molar-refractivity contribution in [1.29, 1.82) is 0 Å². The van der Waals surface area contributed by atoms with Gasteiger partial charge in [-0.25, -0.2) is 0 Å². The van der Waals surface area contributed by atoms with Crippen molar-refractivity contribution in [3.05, 3.63) is 24.2 Å². The zero-order valence-electron chi connectivity index (χ0n) is 13.3. The SMILES string of the molecule is CC(C)OC(=O)[C@H](CC(=O)OC(C)(C)C)Cc1ccoc1. The standard InChI is InChI=1S/C16H24O5/c1-11(2)20-15(18)13(8-12-6-7-19-10-12)9-14(17)21-16(3,4)5/h6-7,10-11,13H,8-9H2,1-5H3/t13-/m0/s1. The molecule has 1 aromatic rings. The number of carbonyl (C=O) groups excluding carboxylic acids is 2. The van der Waals surface area contributed by atoms with Crippen LogP contribution >= 0.6 is 0 Å². The molecule has 0 fully saturated rings. The number of carbonyl (C=O) groups is 2. The molecule has 1 heterocycles. The molecule has 0 N–H and O–H groups in total. The molecule has 0 aliphatic heterocycles. The maximum absolute atomic E-state index is 12.1. The van der Waals surface area contributed by atoms with Gasteiger partial charge in [0.1, 0.15) is 5.60 Å². The van der Waals surface area contributed by atoms with Gasteiger partial charge in [0.2, 0.25) is 0 Å². The van der Waals surface area contributed by atoms with Crippen LogP contribution in [0.25, 0.3) is 0 Å². The van der Waals surface area contributed by atoms with E-state index in [-0.39, 0.29) is 12.5 Å². The molecule has 0 saturated carbocycles. The monoisotopic (exact) mass is 296 g/mol. The zero-order chi connectivity index (χ0) is 16.0. The molecule has 5 heteroatoms. The smallest absolute Gasteiger partial charge is 0.310 e. The molecule has 5 nitrogen and oxygen atoms in total. The van der Waals surface area contributed by atoms with Crippen LogP contribution in [-0.4, -0.2) is 23.6 Å². The fraction of sp³-hybridized carbons (Fsp3) is 0.625. The Morgan fingerprint density at radius 1 is 1.29 bits per heavy atom. The predicted molar refractivity (Wildman–Crippen MR) is 77.6 cm³/mol. The highest BCUT2D eigenvalue weighted by molar-refractivity contribution is 5.80. The lowest BCUT2D eigenvalue weighted by molar-refractivity contribution is -0.163. The molecule has 0 bridgehead atoms. The lowest BCUT2D eigenvalue weighted by Gasteiger charge is -2.22. The van der Waals surface area contributed by atoms with Gasteiger partial charge in [-0.15, -0.1) is 0 Å². The topological polar surface area (TPSA) is 65.7 Å². The molecule has 0 aromatic carbocycles. The van der Waals surface area contributed by atoms with Gasteiger partial charge in [-0.3, -0.25) is 9.59 Å². The quantitative estimate of drug-likeness (QED) is 0.755. The van der Waals surface area contributed by atoms with Crippen LogP contribution < -0.4 is 0 Å². The summed E-state index contributed by atoms with van der Waals surface area (Å²) >= 11 is 0. The highest BCUT2D eigenvalue weighted by Crippen LogP contribution is 2.18. The van der Waals surface area contributed by atoms with Crippen LogP contribution in [0.15, 0.2) is 23.0 Å². The molecule has 1 rings (SSSR count). The number of ether oxygens (including phenoxy) is 2. The van der Waals surface area contributed by atoms with Crippen LogP contribution in [0.1, 0.15) is 46.6 Å². The van der Waals surface area contributed by atoms with E-state index in [4.69, 9.17) is 13.9 Å². The fourth-order valence-electron chi connectivity index (χ4n) is 1.85. The third kappa shape index (κ3) is 6.97. The maximum atomic E-state index is 12.1. The first kappa shape index (κ1) is 17.3. The molecule has 0 saturated heterocycles. The Morgan fingerprint density at radius 2 is 1.95 bits per heavy atom. The Kier molecular flexibility index (Phi) is 6.00. The number of rotatable bonds is 6. The van der Waals surface area contributed by atoms with Gasteiger partial charge in [-0.05, 0) is 52.7 Å². The second kappa shape index (κ2) is 7.29. The highest BCUT2D eigenvalue weighted by atomic mass is 16.6. The van der Waals surface area contributed by atoms with Crippen molar-refractivity contribution in [3.63, 3.8) is 0 Å². The second-order valence-corrected chi connectivity index (χ2v) is 6.31. The molecule has 0 amide bonds. The summed E-state index contributed by atoms with van der Waals surface area (Å²) in [6.07, 6.45) is 3.26. The lowest BCUT2D eigenvalue weighted by Crippen LogP contribution is -2.30. The van der Waals surface area contributed by atoms with Crippen molar-refractivity contribution in [2.75, 3.05) is 0 Å². The summed E-state index contributed by atoms with van der Waals surface area (Å²) < 4.78 is 15.5. The fourth-order valence-corrected chi connectivity index (χ4v) is 1.85. The van der Waals surface area contributed by atoms with Gasteiger partial charge in [0.15, 0.2) is 0 Å². The van der Waals surface area contributed by atoms with Crippen molar-refractivity contribution >= 4 is 11.9 Å². The van der Waals surface area contributed by atoms with Crippen LogP contribution in [0, 0.1) is 5.92 Å². The normalized spacial score (nSPS) is 13.0.